The number of urea groups is 1. The lowest BCUT2D eigenvalue weighted by Crippen LogP contribution is -2.41. The van der Waals surface area contributed by atoms with Gasteiger partial charge in [0.1, 0.15) is 11.5 Å². The third kappa shape index (κ3) is 3.88. The highest BCUT2D eigenvalue weighted by atomic mass is 16.5. The Balaban J connectivity index is 1.72. The first kappa shape index (κ1) is 16.4. The molecule has 2 aromatic rings. The summed E-state index contributed by atoms with van der Waals surface area (Å²) in [7, 11) is 1.56. The van der Waals surface area contributed by atoms with Crippen LogP contribution in [0.25, 0.3) is 0 Å². The van der Waals surface area contributed by atoms with E-state index < -0.39 is 0 Å². The van der Waals surface area contributed by atoms with Crippen LogP contribution in [-0.2, 0) is 6.54 Å². The summed E-state index contributed by atoms with van der Waals surface area (Å²) >= 11 is 0. The Hall–Kier alpha value is -2.50. The van der Waals surface area contributed by atoms with Gasteiger partial charge >= 0.3 is 6.03 Å². The smallest absolute Gasteiger partial charge is 0.322 e. The van der Waals surface area contributed by atoms with Crippen molar-refractivity contribution >= 4 is 11.7 Å². The number of aromatic nitrogens is 1. The normalized spacial score (nSPS) is 14.6. The molecular weight excluding hydrogens is 306 g/mol. The molecule has 0 unspecified atom stereocenters. The average molecular weight is 329 g/mol. The molecule has 0 aromatic carbocycles. The molecule has 2 heterocycles. The van der Waals surface area contributed by atoms with E-state index in [0.717, 1.165) is 37.2 Å². The number of rotatable bonds is 5. The first-order valence-corrected chi connectivity index (χ1v) is 8.28. The first-order chi connectivity index (χ1) is 11.7. The molecule has 24 heavy (non-hydrogen) atoms. The van der Waals surface area contributed by atoms with Crippen molar-refractivity contribution in [1.82, 2.24) is 9.88 Å². The number of hydrogen-bond acceptors (Lipinski definition) is 4. The minimum absolute atomic E-state index is 0.122. The second kappa shape index (κ2) is 7.38. The molecule has 3 rings (SSSR count). The molecule has 1 fully saturated rings. The molecule has 0 spiro atoms. The molecule has 128 valence electrons. The fourth-order valence-electron chi connectivity index (χ4n) is 3.09. The summed E-state index contributed by atoms with van der Waals surface area (Å²) in [5, 5.41) is 2.92. The van der Waals surface area contributed by atoms with Crippen molar-refractivity contribution in [2.24, 2.45) is 0 Å². The summed E-state index contributed by atoms with van der Waals surface area (Å²) in [6.07, 6.45) is 5.99. The standard InChI is InChI=1S/C18H23N3O3/c1-13-7-9-16(24-13)12-21(15-5-3-4-6-15)18(22)20-14-8-10-17(23-2)19-11-14/h7-11,15H,3-6,12H2,1-2H3,(H,20,22). The Kier molecular flexibility index (Phi) is 5.03. The highest BCUT2D eigenvalue weighted by Crippen LogP contribution is 2.26. The average Bonchev–Trinajstić information content (AvgIpc) is 3.25. The number of anilines is 1. The van der Waals surface area contributed by atoms with Crippen molar-refractivity contribution in [2.75, 3.05) is 12.4 Å². The van der Waals surface area contributed by atoms with Crippen LogP contribution >= 0.6 is 0 Å². The molecule has 0 bridgehead atoms. The van der Waals surface area contributed by atoms with E-state index in [1.54, 1.807) is 25.4 Å². The van der Waals surface area contributed by atoms with E-state index >= 15 is 0 Å². The van der Waals surface area contributed by atoms with Crippen LogP contribution in [-0.4, -0.2) is 29.1 Å². The highest BCUT2D eigenvalue weighted by molar-refractivity contribution is 5.89. The molecule has 2 aromatic heterocycles. The maximum atomic E-state index is 12.8. The molecule has 0 radical (unpaired) electrons. The number of carbonyl (C=O) groups is 1. The lowest BCUT2D eigenvalue weighted by atomic mass is 10.2. The van der Waals surface area contributed by atoms with Gasteiger partial charge in [0.05, 0.1) is 25.5 Å². The minimum Gasteiger partial charge on any atom is -0.481 e. The van der Waals surface area contributed by atoms with Crippen LogP contribution in [0.1, 0.15) is 37.2 Å². The zero-order chi connectivity index (χ0) is 16.9. The minimum atomic E-state index is -0.122. The molecule has 1 saturated carbocycles. The molecule has 1 N–H and O–H groups in total. The number of nitrogens with zero attached hydrogens (tertiary/aromatic N) is 2. The fraction of sp³-hybridized carbons (Fsp3) is 0.444. The SMILES string of the molecule is COc1ccc(NC(=O)N(Cc2ccc(C)o2)C2CCCC2)cn1. The number of amides is 2. The van der Waals surface area contributed by atoms with Crippen LogP contribution in [0, 0.1) is 6.92 Å². The van der Waals surface area contributed by atoms with Gasteiger partial charge in [-0.25, -0.2) is 9.78 Å². The Bertz CT molecular complexity index is 675. The van der Waals surface area contributed by atoms with Crippen molar-refractivity contribution in [3.8, 4) is 5.88 Å². The van der Waals surface area contributed by atoms with Gasteiger partial charge in [-0.3, -0.25) is 0 Å². The monoisotopic (exact) mass is 329 g/mol. The first-order valence-electron chi connectivity index (χ1n) is 8.28. The van der Waals surface area contributed by atoms with Crippen LogP contribution in [0.5, 0.6) is 5.88 Å². The van der Waals surface area contributed by atoms with Crippen LogP contribution in [0.3, 0.4) is 0 Å². The quantitative estimate of drug-likeness (QED) is 0.901. The van der Waals surface area contributed by atoms with Gasteiger partial charge in [0, 0.05) is 12.1 Å². The maximum absolute atomic E-state index is 12.8. The molecule has 0 aliphatic heterocycles. The lowest BCUT2D eigenvalue weighted by Gasteiger charge is -2.28. The van der Waals surface area contributed by atoms with Crippen LogP contribution < -0.4 is 10.1 Å². The number of pyridine rings is 1. The third-order valence-corrected chi connectivity index (χ3v) is 4.35. The molecule has 2 amide bonds. The molecule has 1 aliphatic carbocycles. The summed E-state index contributed by atoms with van der Waals surface area (Å²) in [5.41, 5.74) is 0.652. The number of nitrogens with one attached hydrogen (secondary N) is 1. The van der Waals surface area contributed by atoms with Crippen LogP contribution in [0.4, 0.5) is 10.5 Å². The van der Waals surface area contributed by atoms with Crippen LogP contribution in [0.2, 0.25) is 0 Å². The Morgan fingerprint density at radius 3 is 2.71 bits per heavy atom. The van der Waals surface area contributed by atoms with E-state index in [1.807, 2.05) is 24.0 Å². The summed E-state index contributed by atoms with van der Waals surface area (Å²) in [5.74, 6) is 2.19. The summed E-state index contributed by atoms with van der Waals surface area (Å²) < 4.78 is 10.7. The number of carbonyl (C=O) groups excluding carboxylic acids is 1. The van der Waals surface area contributed by atoms with Crippen molar-refractivity contribution in [1.29, 1.82) is 0 Å². The van der Waals surface area contributed by atoms with E-state index in [1.165, 1.54) is 0 Å². The molecule has 6 heteroatoms. The van der Waals surface area contributed by atoms with E-state index in [-0.39, 0.29) is 12.1 Å². The number of furan rings is 1. The Morgan fingerprint density at radius 1 is 1.33 bits per heavy atom. The second-order valence-electron chi connectivity index (χ2n) is 6.10. The highest BCUT2D eigenvalue weighted by Gasteiger charge is 2.27. The third-order valence-electron chi connectivity index (χ3n) is 4.35. The Labute approximate surface area is 141 Å². The van der Waals surface area contributed by atoms with Gasteiger partial charge in [-0.2, -0.15) is 0 Å². The summed E-state index contributed by atoms with van der Waals surface area (Å²) in [6.45, 7) is 2.39. The maximum Gasteiger partial charge on any atom is 0.322 e. The molecule has 0 saturated heterocycles. The Morgan fingerprint density at radius 2 is 2.12 bits per heavy atom. The summed E-state index contributed by atoms with van der Waals surface area (Å²) in [6, 6.07) is 7.50. The number of methoxy groups -OCH3 is 1. The zero-order valence-electron chi connectivity index (χ0n) is 14.1. The van der Waals surface area contributed by atoms with Crippen molar-refractivity contribution < 1.29 is 13.9 Å². The van der Waals surface area contributed by atoms with Gasteiger partial charge in [-0.15, -0.1) is 0 Å². The van der Waals surface area contributed by atoms with E-state index in [2.05, 4.69) is 10.3 Å². The van der Waals surface area contributed by atoms with Crippen molar-refractivity contribution in [3.05, 3.63) is 42.0 Å². The van der Waals surface area contributed by atoms with E-state index in [0.29, 0.717) is 18.1 Å². The van der Waals surface area contributed by atoms with E-state index in [4.69, 9.17) is 9.15 Å². The predicted molar refractivity (Wildman–Crippen MR) is 91.1 cm³/mol. The number of hydrogen-bond donors (Lipinski definition) is 1. The number of ether oxygens (including phenoxy) is 1. The summed E-state index contributed by atoms with van der Waals surface area (Å²) in [4.78, 5) is 18.8. The number of aryl methyl sites for hydroxylation is 1. The van der Waals surface area contributed by atoms with Gasteiger partial charge in [0.25, 0.3) is 0 Å². The van der Waals surface area contributed by atoms with Crippen molar-refractivity contribution in [3.63, 3.8) is 0 Å². The van der Waals surface area contributed by atoms with Crippen molar-refractivity contribution in [2.45, 2.75) is 45.2 Å². The molecular formula is C18H23N3O3. The topological polar surface area (TPSA) is 67.6 Å². The van der Waals surface area contributed by atoms with E-state index in [9.17, 15) is 4.79 Å². The van der Waals surface area contributed by atoms with Gasteiger partial charge in [0.15, 0.2) is 0 Å². The predicted octanol–water partition coefficient (Wildman–Crippen LogP) is 3.97. The van der Waals surface area contributed by atoms with Gasteiger partial charge in [0.2, 0.25) is 5.88 Å². The lowest BCUT2D eigenvalue weighted by molar-refractivity contribution is 0.178. The molecule has 0 atom stereocenters. The van der Waals surface area contributed by atoms with Gasteiger partial charge < -0.3 is 19.4 Å². The molecule has 6 nitrogen and oxygen atoms in total. The zero-order valence-corrected chi connectivity index (χ0v) is 14.1. The second-order valence-corrected chi connectivity index (χ2v) is 6.10. The largest absolute Gasteiger partial charge is 0.481 e. The van der Waals surface area contributed by atoms with Crippen LogP contribution in [0.15, 0.2) is 34.9 Å². The fourth-order valence-corrected chi connectivity index (χ4v) is 3.09. The molecule has 1 aliphatic rings. The van der Waals surface area contributed by atoms with Gasteiger partial charge in [-0.1, -0.05) is 12.8 Å². The van der Waals surface area contributed by atoms with Gasteiger partial charge in [-0.05, 0) is 38.0 Å².